The number of rotatable bonds is 8. The van der Waals surface area contributed by atoms with E-state index in [9.17, 15) is 0 Å². The van der Waals surface area contributed by atoms with Gasteiger partial charge in [-0.05, 0) is 6.07 Å². The summed E-state index contributed by atoms with van der Waals surface area (Å²) in [6.07, 6.45) is 2.29. The zero-order valence-electron chi connectivity index (χ0n) is 11.0. The molecular weight excluding hydrogens is 228 g/mol. The summed E-state index contributed by atoms with van der Waals surface area (Å²) in [6.45, 7) is 3.00. The maximum absolute atomic E-state index is 8.67. The van der Waals surface area contributed by atoms with Crippen LogP contribution in [0.4, 0.5) is 5.82 Å². The Hall–Kier alpha value is -1.64. The normalized spacial score (nSPS) is 10.3. The molecule has 1 rings (SSSR count). The Morgan fingerprint density at radius 2 is 2.33 bits per heavy atom. The van der Waals surface area contributed by atoms with Gasteiger partial charge in [0.15, 0.2) is 0 Å². The van der Waals surface area contributed by atoms with Gasteiger partial charge in [0, 0.05) is 52.0 Å². The Labute approximate surface area is 108 Å². The highest BCUT2D eigenvalue weighted by Crippen LogP contribution is 2.13. The van der Waals surface area contributed by atoms with E-state index in [0.29, 0.717) is 13.0 Å². The molecule has 1 aromatic heterocycles. The van der Waals surface area contributed by atoms with Crippen LogP contribution in [0, 0.1) is 11.3 Å². The fraction of sp³-hybridized carbons (Fsp3) is 0.538. The number of nitrogens with zero attached hydrogens (tertiary/aromatic N) is 3. The van der Waals surface area contributed by atoms with Gasteiger partial charge in [-0.3, -0.25) is 4.90 Å². The van der Waals surface area contributed by atoms with Crippen LogP contribution < -0.4 is 5.32 Å². The molecular formula is C13H20N4O. The van der Waals surface area contributed by atoms with Gasteiger partial charge < -0.3 is 10.1 Å². The highest BCUT2D eigenvalue weighted by Gasteiger charge is 2.08. The van der Waals surface area contributed by atoms with Crippen molar-refractivity contribution in [3.63, 3.8) is 0 Å². The summed E-state index contributed by atoms with van der Waals surface area (Å²) in [4.78, 5) is 6.48. The van der Waals surface area contributed by atoms with Crippen LogP contribution in [0.5, 0.6) is 0 Å². The molecule has 0 aliphatic heterocycles. The second-order valence-electron chi connectivity index (χ2n) is 3.94. The van der Waals surface area contributed by atoms with Crippen LogP contribution >= 0.6 is 0 Å². The van der Waals surface area contributed by atoms with Crippen LogP contribution in [-0.2, 0) is 11.3 Å². The third-order valence-corrected chi connectivity index (χ3v) is 2.67. The van der Waals surface area contributed by atoms with Gasteiger partial charge in [-0.1, -0.05) is 6.07 Å². The summed E-state index contributed by atoms with van der Waals surface area (Å²) in [7, 11) is 3.55. The van der Waals surface area contributed by atoms with Gasteiger partial charge in [-0.2, -0.15) is 5.26 Å². The first-order valence-corrected chi connectivity index (χ1v) is 6.01. The average Bonchev–Trinajstić information content (AvgIpc) is 2.42. The molecule has 0 unspecified atom stereocenters. The lowest BCUT2D eigenvalue weighted by molar-refractivity contribution is 0.145. The number of nitrogens with one attached hydrogen (secondary N) is 1. The molecule has 0 aliphatic carbocycles. The van der Waals surface area contributed by atoms with Gasteiger partial charge in [0.1, 0.15) is 5.82 Å². The van der Waals surface area contributed by atoms with Crippen molar-refractivity contribution < 1.29 is 4.74 Å². The minimum atomic E-state index is 0.527. The Morgan fingerprint density at radius 1 is 1.50 bits per heavy atom. The minimum Gasteiger partial charge on any atom is -0.383 e. The molecule has 5 nitrogen and oxygen atoms in total. The van der Waals surface area contributed by atoms with E-state index < -0.39 is 0 Å². The van der Waals surface area contributed by atoms with Gasteiger partial charge in [0.25, 0.3) is 0 Å². The molecule has 0 atom stereocenters. The van der Waals surface area contributed by atoms with Crippen molar-refractivity contribution in [2.45, 2.75) is 13.0 Å². The van der Waals surface area contributed by atoms with Crippen LogP contribution in [-0.4, -0.2) is 43.7 Å². The lowest BCUT2D eigenvalue weighted by Crippen LogP contribution is -2.28. The standard InChI is InChI=1S/C13H20N4O/c1-15-13-12(5-3-7-16-13)11-17(8-4-6-14)9-10-18-2/h3,5,7H,4,8-11H2,1-2H3,(H,15,16). The van der Waals surface area contributed by atoms with Gasteiger partial charge >= 0.3 is 0 Å². The molecule has 18 heavy (non-hydrogen) atoms. The van der Waals surface area contributed by atoms with Crippen molar-refractivity contribution in [3.8, 4) is 6.07 Å². The number of nitriles is 1. The van der Waals surface area contributed by atoms with Crippen molar-refractivity contribution in [1.82, 2.24) is 9.88 Å². The molecule has 1 heterocycles. The van der Waals surface area contributed by atoms with Gasteiger partial charge in [-0.25, -0.2) is 4.98 Å². The van der Waals surface area contributed by atoms with Crippen LogP contribution in [0.3, 0.4) is 0 Å². The first-order valence-electron chi connectivity index (χ1n) is 6.01. The van der Waals surface area contributed by atoms with Crippen LogP contribution in [0.15, 0.2) is 18.3 Å². The average molecular weight is 248 g/mol. The van der Waals surface area contributed by atoms with E-state index in [0.717, 1.165) is 31.0 Å². The maximum Gasteiger partial charge on any atom is 0.130 e. The molecule has 1 aromatic rings. The second-order valence-corrected chi connectivity index (χ2v) is 3.94. The lowest BCUT2D eigenvalue weighted by Gasteiger charge is -2.21. The number of aromatic nitrogens is 1. The molecule has 0 spiro atoms. The number of methoxy groups -OCH3 is 1. The summed E-state index contributed by atoms with van der Waals surface area (Å²) < 4.78 is 5.09. The molecule has 0 radical (unpaired) electrons. The fourth-order valence-corrected chi connectivity index (χ4v) is 1.73. The highest BCUT2D eigenvalue weighted by molar-refractivity contribution is 5.42. The zero-order chi connectivity index (χ0) is 13.2. The Kier molecular flexibility index (Phi) is 6.77. The number of hydrogen-bond acceptors (Lipinski definition) is 5. The zero-order valence-corrected chi connectivity index (χ0v) is 11.0. The van der Waals surface area contributed by atoms with Crippen molar-refractivity contribution in [2.24, 2.45) is 0 Å². The van der Waals surface area contributed by atoms with Crippen LogP contribution in [0.1, 0.15) is 12.0 Å². The largest absolute Gasteiger partial charge is 0.383 e. The summed E-state index contributed by atoms with van der Waals surface area (Å²) in [5.41, 5.74) is 1.13. The molecule has 0 bridgehead atoms. The molecule has 0 aromatic carbocycles. The quantitative estimate of drug-likeness (QED) is 0.755. The molecule has 0 saturated carbocycles. The molecule has 0 amide bonds. The first kappa shape index (κ1) is 14.4. The smallest absolute Gasteiger partial charge is 0.130 e. The number of anilines is 1. The Bertz CT molecular complexity index is 389. The van der Waals surface area contributed by atoms with Crippen molar-refractivity contribution in [2.75, 3.05) is 39.2 Å². The molecule has 5 heteroatoms. The van der Waals surface area contributed by atoms with Crippen molar-refractivity contribution in [3.05, 3.63) is 23.9 Å². The van der Waals surface area contributed by atoms with Crippen LogP contribution in [0.2, 0.25) is 0 Å². The molecule has 0 aliphatic rings. The predicted molar refractivity (Wildman–Crippen MR) is 71.2 cm³/mol. The molecule has 0 saturated heterocycles. The maximum atomic E-state index is 8.67. The van der Waals surface area contributed by atoms with E-state index in [1.165, 1.54) is 0 Å². The third-order valence-electron chi connectivity index (χ3n) is 2.67. The van der Waals surface area contributed by atoms with E-state index in [4.69, 9.17) is 10.00 Å². The van der Waals surface area contributed by atoms with Crippen LogP contribution in [0.25, 0.3) is 0 Å². The Balaban J connectivity index is 2.65. The lowest BCUT2D eigenvalue weighted by atomic mass is 10.2. The van der Waals surface area contributed by atoms with E-state index in [2.05, 4.69) is 21.3 Å². The second kappa shape index (κ2) is 8.45. The van der Waals surface area contributed by atoms with Gasteiger partial charge in [0.2, 0.25) is 0 Å². The summed E-state index contributed by atoms with van der Waals surface area (Å²) in [6, 6.07) is 6.15. The van der Waals surface area contributed by atoms with Gasteiger partial charge in [0.05, 0.1) is 12.7 Å². The van der Waals surface area contributed by atoms with Crippen molar-refractivity contribution >= 4 is 5.82 Å². The summed E-state index contributed by atoms with van der Waals surface area (Å²) in [5, 5.41) is 11.8. The minimum absolute atomic E-state index is 0.527. The topological polar surface area (TPSA) is 61.2 Å². The summed E-state index contributed by atoms with van der Waals surface area (Å²) in [5.74, 6) is 0.886. The summed E-state index contributed by atoms with van der Waals surface area (Å²) >= 11 is 0. The predicted octanol–water partition coefficient (Wildman–Crippen LogP) is 1.49. The monoisotopic (exact) mass is 248 g/mol. The van der Waals surface area contributed by atoms with E-state index in [-0.39, 0.29) is 0 Å². The highest BCUT2D eigenvalue weighted by atomic mass is 16.5. The van der Waals surface area contributed by atoms with E-state index >= 15 is 0 Å². The SMILES string of the molecule is CNc1ncccc1CN(CCC#N)CCOC. The Morgan fingerprint density at radius 3 is 3.00 bits per heavy atom. The molecule has 1 N–H and O–H groups in total. The molecule has 0 fully saturated rings. The number of pyridine rings is 1. The number of ether oxygens (including phenoxy) is 1. The van der Waals surface area contributed by atoms with E-state index in [1.54, 1.807) is 13.3 Å². The third kappa shape index (κ3) is 4.70. The van der Waals surface area contributed by atoms with E-state index in [1.807, 2.05) is 19.2 Å². The first-order chi connectivity index (χ1) is 8.81. The number of hydrogen-bond donors (Lipinski definition) is 1. The van der Waals surface area contributed by atoms with Crippen molar-refractivity contribution in [1.29, 1.82) is 5.26 Å². The van der Waals surface area contributed by atoms with Gasteiger partial charge in [-0.15, -0.1) is 0 Å². The fourth-order valence-electron chi connectivity index (χ4n) is 1.73. The molecule has 98 valence electrons.